The molecule has 1 atom stereocenters. The minimum atomic E-state index is -0.348. The third-order valence-electron chi connectivity index (χ3n) is 4.28. The molecule has 0 radical (unpaired) electrons. The Balaban J connectivity index is 1.62. The molecule has 1 aromatic heterocycles. The van der Waals surface area contributed by atoms with Crippen molar-refractivity contribution in [3.05, 3.63) is 24.1 Å². The number of carbonyl (C=O) groups is 2. The molecule has 24 heavy (non-hydrogen) atoms. The van der Waals surface area contributed by atoms with Crippen molar-refractivity contribution < 1.29 is 14.0 Å². The van der Waals surface area contributed by atoms with Crippen molar-refractivity contribution in [2.75, 3.05) is 31.5 Å². The number of rotatable bonds is 3. The molecule has 1 aliphatic heterocycles. The lowest BCUT2D eigenvalue weighted by Gasteiger charge is -2.35. The van der Waals surface area contributed by atoms with E-state index in [4.69, 9.17) is 4.42 Å². The predicted molar refractivity (Wildman–Crippen MR) is 90.7 cm³/mol. The maximum atomic E-state index is 12.6. The third-order valence-corrected chi connectivity index (χ3v) is 4.28. The van der Waals surface area contributed by atoms with Crippen molar-refractivity contribution in [2.45, 2.75) is 26.8 Å². The van der Waals surface area contributed by atoms with Gasteiger partial charge in [0.25, 0.3) is 0 Å². The van der Waals surface area contributed by atoms with Crippen LogP contribution in [-0.4, -0.2) is 58.8 Å². The molecule has 1 unspecified atom stereocenters. The van der Waals surface area contributed by atoms with Crippen LogP contribution in [0.25, 0.3) is 11.1 Å². The third kappa shape index (κ3) is 3.34. The van der Waals surface area contributed by atoms with E-state index >= 15 is 0 Å². The Labute approximate surface area is 140 Å². The first-order valence-electron chi connectivity index (χ1n) is 8.12. The van der Waals surface area contributed by atoms with Crippen molar-refractivity contribution in [2.24, 2.45) is 0 Å². The molecular weight excluding hydrogens is 308 g/mol. The SMILES string of the molecule is CC(=O)N1CCN(C(=O)C(C)Nc2ccc3oc(C)nc3c2)CC1. The number of hydrogen-bond acceptors (Lipinski definition) is 5. The molecule has 0 saturated carbocycles. The van der Waals surface area contributed by atoms with Crippen LogP contribution in [0.5, 0.6) is 0 Å². The topological polar surface area (TPSA) is 78.7 Å². The largest absolute Gasteiger partial charge is 0.441 e. The molecule has 0 aliphatic carbocycles. The summed E-state index contributed by atoms with van der Waals surface area (Å²) in [5.74, 6) is 0.716. The minimum absolute atomic E-state index is 0.0367. The second kappa shape index (κ2) is 6.51. The first kappa shape index (κ1) is 16.3. The Morgan fingerprint density at radius 3 is 2.54 bits per heavy atom. The number of oxazole rings is 1. The predicted octanol–water partition coefficient (Wildman–Crippen LogP) is 1.63. The van der Waals surface area contributed by atoms with E-state index in [9.17, 15) is 9.59 Å². The Morgan fingerprint density at radius 1 is 1.21 bits per heavy atom. The van der Waals surface area contributed by atoms with Gasteiger partial charge in [-0.1, -0.05) is 0 Å². The number of anilines is 1. The smallest absolute Gasteiger partial charge is 0.244 e. The van der Waals surface area contributed by atoms with Crippen molar-refractivity contribution in [3.8, 4) is 0 Å². The fraction of sp³-hybridized carbons (Fsp3) is 0.471. The van der Waals surface area contributed by atoms with Crippen LogP contribution in [-0.2, 0) is 9.59 Å². The van der Waals surface area contributed by atoms with Crippen molar-refractivity contribution >= 4 is 28.6 Å². The van der Waals surface area contributed by atoms with Gasteiger partial charge in [-0.15, -0.1) is 0 Å². The van der Waals surface area contributed by atoms with Crippen LogP contribution in [0.2, 0.25) is 0 Å². The number of aromatic nitrogens is 1. The summed E-state index contributed by atoms with van der Waals surface area (Å²) in [5, 5.41) is 3.22. The zero-order chi connectivity index (χ0) is 17.3. The number of piperazine rings is 1. The van der Waals surface area contributed by atoms with Gasteiger partial charge in [0, 0.05) is 45.7 Å². The molecule has 1 aromatic carbocycles. The number of fused-ring (bicyclic) bond motifs is 1. The normalized spacial score (nSPS) is 16.3. The summed E-state index contributed by atoms with van der Waals surface area (Å²) < 4.78 is 5.45. The lowest BCUT2D eigenvalue weighted by atomic mass is 10.2. The Kier molecular flexibility index (Phi) is 4.42. The highest BCUT2D eigenvalue weighted by Crippen LogP contribution is 2.20. The van der Waals surface area contributed by atoms with Crippen LogP contribution in [0.4, 0.5) is 5.69 Å². The average molecular weight is 330 g/mol. The molecule has 3 rings (SSSR count). The molecule has 7 heteroatoms. The van der Waals surface area contributed by atoms with Gasteiger partial charge >= 0.3 is 0 Å². The number of aryl methyl sites for hydroxylation is 1. The first-order chi connectivity index (χ1) is 11.4. The quantitative estimate of drug-likeness (QED) is 0.925. The maximum absolute atomic E-state index is 12.6. The van der Waals surface area contributed by atoms with Crippen molar-refractivity contribution in [3.63, 3.8) is 0 Å². The summed E-state index contributed by atoms with van der Waals surface area (Å²) in [4.78, 5) is 31.8. The van der Waals surface area contributed by atoms with Gasteiger partial charge in [0.1, 0.15) is 11.6 Å². The Morgan fingerprint density at radius 2 is 1.88 bits per heavy atom. The van der Waals surface area contributed by atoms with E-state index in [2.05, 4.69) is 10.3 Å². The summed E-state index contributed by atoms with van der Waals surface area (Å²) >= 11 is 0. The molecule has 128 valence electrons. The molecule has 1 N–H and O–H groups in total. The number of amides is 2. The van der Waals surface area contributed by atoms with Crippen LogP contribution < -0.4 is 5.32 Å². The van der Waals surface area contributed by atoms with Gasteiger partial charge in [-0.2, -0.15) is 0 Å². The zero-order valence-electron chi connectivity index (χ0n) is 14.2. The van der Waals surface area contributed by atoms with Crippen molar-refractivity contribution in [1.29, 1.82) is 0 Å². The highest BCUT2D eigenvalue weighted by atomic mass is 16.3. The zero-order valence-corrected chi connectivity index (χ0v) is 14.2. The second-order valence-corrected chi connectivity index (χ2v) is 6.11. The van der Waals surface area contributed by atoms with Gasteiger partial charge in [-0.25, -0.2) is 4.98 Å². The number of hydrogen-bond donors (Lipinski definition) is 1. The first-order valence-corrected chi connectivity index (χ1v) is 8.12. The van der Waals surface area contributed by atoms with Gasteiger partial charge in [0.15, 0.2) is 11.5 Å². The molecule has 0 spiro atoms. The minimum Gasteiger partial charge on any atom is -0.441 e. The lowest BCUT2D eigenvalue weighted by molar-refractivity contribution is -0.138. The molecule has 2 heterocycles. The monoisotopic (exact) mass is 330 g/mol. The average Bonchev–Trinajstić information content (AvgIpc) is 2.93. The Hall–Kier alpha value is -2.57. The van der Waals surface area contributed by atoms with E-state index < -0.39 is 0 Å². The van der Waals surface area contributed by atoms with Crippen LogP contribution >= 0.6 is 0 Å². The summed E-state index contributed by atoms with van der Waals surface area (Å²) in [6.07, 6.45) is 0. The molecule has 0 bridgehead atoms. The second-order valence-electron chi connectivity index (χ2n) is 6.11. The number of nitrogens with zero attached hydrogens (tertiary/aromatic N) is 3. The highest BCUT2D eigenvalue weighted by Gasteiger charge is 2.25. The van der Waals surface area contributed by atoms with Gasteiger partial charge in [0.05, 0.1) is 0 Å². The van der Waals surface area contributed by atoms with E-state index in [-0.39, 0.29) is 17.9 Å². The molecule has 7 nitrogen and oxygen atoms in total. The number of nitrogens with one attached hydrogen (secondary N) is 1. The molecular formula is C17H22N4O3. The summed E-state index contributed by atoms with van der Waals surface area (Å²) in [6, 6.07) is 5.26. The molecule has 2 amide bonds. The summed E-state index contributed by atoms with van der Waals surface area (Å²) in [5.41, 5.74) is 2.34. The van der Waals surface area contributed by atoms with E-state index in [1.807, 2.05) is 25.1 Å². The van der Waals surface area contributed by atoms with Crippen LogP contribution in [0, 0.1) is 6.92 Å². The fourth-order valence-corrected chi connectivity index (χ4v) is 2.96. The fourth-order valence-electron chi connectivity index (χ4n) is 2.96. The molecule has 1 aliphatic rings. The van der Waals surface area contributed by atoms with Gasteiger partial charge in [-0.05, 0) is 25.1 Å². The van der Waals surface area contributed by atoms with Crippen molar-refractivity contribution in [1.82, 2.24) is 14.8 Å². The highest BCUT2D eigenvalue weighted by molar-refractivity contribution is 5.86. The summed E-state index contributed by atoms with van der Waals surface area (Å²) in [7, 11) is 0. The van der Waals surface area contributed by atoms with Gasteiger partial charge in [-0.3, -0.25) is 9.59 Å². The summed E-state index contributed by atoms with van der Waals surface area (Å²) in [6.45, 7) is 7.55. The van der Waals surface area contributed by atoms with Gasteiger partial charge < -0.3 is 19.5 Å². The van der Waals surface area contributed by atoms with Crippen LogP contribution in [0.1, 0.15) is 19.7 Å². The van der Waals surface area contributed by atoms with E-state index in [1.54, 1.807) is 23.6 Å². The van der Waals surface area contributed by atoms with Crippen LogP contribution in [0.15, 0.2) is 22.6 Å². The number of carbonyl (C=O) groups excluding carboxylic acids is 2. The molecule has 1 saturated heterocycles. The molecule has 2 aromatic rings. The molecule has 1 fully saturated rings. The van der Waals surface area contributed by atoms with E-state index in [0.29, 0.717) is 32.1 Å². The lowest BCUT2D eigenvalue weighted by Crippen LogP contribution is -2.53. The maximum Gasteiger partial charge on any atom is 0.244 e. The standard InChI is InChI=1S/C17H22N4O3/c1-11(17(23)21-8-6-20(7-9-21)13(3)22)18-14-4-5-16-15(10-14)19-12(2)24-16/h4-5,10-11,18H,6-9H2,1-3H3. The number of benzene rings is 1. The Bertz CT molecular complexity index is 762. The van der Waals surface area contributed by atoms with Gasteiger partial charge in [0.2, 0.25) is 11.8 Å². The van der Waals surface area contributed by atoms with E-state index in [0.717, 1.165) is 16.8 Å². The van der Waals surface area contributed by atoms with E-state index in [1.165, 1.54) is 0 Å². The van der Waals surface area contributed by atoms with Crippen LogP contribution in [0.3, 0.4) is 0 Å².